The van der Waals surface area contributed by atoms with Crippen molar-refractivity contribution in [2.45, 2.75) is 19.8 Å². The fourth-order valence-electron chi connectivity index (χ4n) is 1.99. The highest BCUT2D eigenvalue weighted by Gasteiger charge is 2.07. The summed E-state index contributed by atoms with van der Waals surface area (Å²) in [6.45, 7) is 3.07. The lowest BCUT2D eigenvalue weighted by Crippen LogP contribution is -2.03. The van der Waals surface area contributed by atoms with Crippen LogP contribution in [0.4, 0.5) is 0 Å². The molecule has 5 heteroatoms. The zero-order valence-electron chi connectivity index (χ0n) is 12.3. The smallest absolute Gasteiger partial charge is 0.141 e. The van der Waals surface area contributed by atoms with Crippen LogP contribution >= 0.6 is 27.5 Å². The van der Waals surface area contributed by atoms with Gasteiger partial charge < -0.3 is 14.6 Å². The van der Waals surface area contributed by atoms with Crippen LogP contribution in [0.15, 0.2) is 40.9 Å². The second-order valence-electron chi connectivity index (χ2n) is 4.93. The van der Waals surface area contributed by atoms with Crippen molar-refractivity contribution in [2.75, 3.05) is 13.2 Å². The van der Waals surface area contributed by atoms with Crippen LogP contribution in [0.2, 0.25) is 5.02 Å². The first-order chi connectivity index (χ1) is 10.6. The predicted molar refractivity (Wildman–Crippen MR) is 92.2 cm³/mol. The SMILES string of the molecule is Cc1cc(O)cc(Cl)c1OCCCCOc1ccc(Br)cc1. The van der Waals surface area contributed by atoms with Crippen LogP contribution in [0.3, 0.4) is 0 Å². The summed E-state index contributed by atoms with van der Waals surface area (Å²) in [6.07, 6.45) is 1.76. The first kappa shape index (κ1) is 17.0. The molecule has 0 atom stereocenters. The first-order valence-corrected chi connectivity index (χ1v) is 8.23. The Morgan fingerprint density at radius 3 is 2.32 bits per heavy atom. The molecule has 0 fully saturated rings. The standard InChI is InChI=1S/C17H18BrClO3/c1-12-10-14(20)11-16(19)17(12)22-9-3-2-8-21-15-6-4-13(18)5-7-15/h4-7,10-11,20H,2-3,8-9H2,1H3. The van der Waals surface area contributed by atoms with E-state index in [4.69, 9.17) is 21.1 Å². The molecule has 2 rings (SSSR count). The van der Waals surface area contributed by atoms with E-state index in [0.717, 1.165) is 28.6 Å². The molecule has 2 aromatic rings. The van der Waals surface area contributed by atoms with Gasteiger partial charge in [0.05, 0.1) is 18.2 Å². The van der Waals surface area contributed by atoms with Crippen molar-refractivity contribution in [3.05, 3.63) is 51.5 Å². The van der Waals surface area contributed by atoms with Crippen molar-refractivity contribution < 1.29 is 14.6 Å². The molecule has 0 aromatic heterocycles. The Labute approximate surface area is 144 Å². The number of phenols is 1. The van der Waals surface area contributed by atoms with Crippen molar-refractivity contribution in [1.82, 2.24) is 0 Å². The van der Waals surface area contributed by atoms with Crippen molar-refractivity contribution in [1.29, 1.82) is 0 Å². The van der Waals surface area contributed by atoms with E-state index in [1.807, 2.05) is 31.2 Å². The Hall–Kier alpha value is -1.39. The summed E-state index contributed by atoms with van der Waals surface area (Å²) < 4.78 is 12.4. The molecule has 1 N–H and O–H groups in total. The number of aromatic hydroxyl groups is 1. The zero-order chi connectivity index (χ0) is 15.9. The van der Waals surface area contributed by atoms with Gasteiger partial charge in [0.15, 0.2) is 0 Å². The van der Waals surface area contributed by atoms with Crippen LogP contribution in [0.25, 0.3) is 0 Å². The summed E-state index contributed by atoms with van der Waals surface area (Å²) in [4.78, 5) is 0. The average molecular weight is 386 g/mol. The summed E-state index contributed by atoms with van der Waals surface area (Å²) in [5, 5.41) is 9.86. The number of hydrogen-bond acceptors (Lipinski definition) is 3. The maximum Gasteiger partial charge on any atom is 0.141 e. The third kappa shape index (κ3) is 5.11. The van der Waals surface area contributed by atoms with Crippen molar-refractivity contribution in [3.8, 4) is 17.2 Å². The molecule has 3 nitrogen and oxygen atoms in total. The quantitative estimate of drug-likeness (QED) is 0.653. The minimum atomic E-state index is 0.151. The molecule has 0 bridgehead atoms. The Morgan fingerprint density at radius 2 is 1.68 bits per heavy atom. The van der Waals surface area contributed by atoms with Crippen molar-refractivity contribution >= 4 is 27.5 Å². The third-order valence-electron chi connectivity index (χ3n) is 3.08. The van der Waals surface area contributed by atoms with Gasteiger partial charge in [-0.05, 0) is 55.7 Å². The average Bonchev–Trinajstić information content (AvgIpc) is 2.46. The molecular weight excluding hydrogens is 368 g/mol. The minimum Gasteiger partial charge on any atom is -0.508 e. The predicted octanol–water partition coefficient (Wildman–Crippen LogP) is 5.35. The molecule has 0 saturated heterocycles. The number of benzene rings is 2. The third-order valence-corrected chi connectivity index (χ3v) is 3.89. The number of halogens is 2. The Kier molecular flexibility index (Phi) is 6.40. The van der Waals surface area contributed by atoms with Crippen LogP contribution < -0.4 is 9.47 Å². The molecule has 0 radical (unpaired) electrons. The number of unbranched alkanes of at least 4 members (excludes halogenated alkanes) is 1. The topological polar surface area (TPSA) is 38.7 Å². The number of rotatable bonds is 7. The van der Waals surface area contributed by atoms with Gasteiger partial charge in [0, 0.05) is 10.5 Å². The van der Waals surface area contributed by atoms with Crippen LogP contribution in [0.1, 0.15) is 18.4 Å². The van der Waals surface area contributed by atoms with Crippen LogP contribution in [-0.2, 0) is 0 Å². The van der Waals surface area contributed by atoms with E-state index < -0.39 is 0 Å². The molecule has 2 aromatic carbocycles. The van der Waals surface area contributed by atoms with Gasteiger partial charge in [-0.25, -0.2) is 0 Å². The molecular formula is C17H18BrClO3. The van der Waals surface area contributed by atoms with E-state index in [1.165, 1.54) is 6.07 Å². The summed E-state index contributed by atoms with van der Waals surface area (Å²) in [7, 11) is 0. The molecule has 0 aliphatic heterocycles. The molecule has 118 valence electrons. The van der Waals surface area contributed by atoms with Crippen molar-refractivity contribution in [3.63, 3.8) is 0 Å². The second kappa shape index (κ2) is 8.30. The van der Waals surface area contributed by atoms with Crippen LogP contribution in [0, 0.1) is 6.92 Å². The molecule has 22 heavy (non-hydrogen) atoms. The number of aryl methyl sites for hydroxylation is 1. The molecule has 0 amide bonds. The van der Waals surface area contributed by atoms with Crippen molar-refractivity contribution in [2.24, 2.45) is 0 Å². The fraction of sp³-hybridized carbons (Fsp3) is 0.294. The van der Waals surface area contributed by atoms with E-state index in [9.17, 15) is 5.11 Å². The van der Waals surface area contributed by atoms with Gasteiger partial charge in [-0.2, -0.15) is 0 Å². The van der Waals surface area contributed by atoms with E-state index in [2.05, 4.69) is 15.9 Å². The van der Waals surface area contributed by atoms with Crippen LogP contribution in [0.5, 0.6) is 17.2 Å². The normalized spacial score (nSPS) is 10.5. The van der Waals surface area contributed by atoms with Gasteiger partial charge in [-0.3, -0.25) is 0 Å². The second-order valence-corrected chi connectivity index (χ2v) is 6.25. The number of ether oxygens (including phenoxy) is 2. The van der Waals surface area contributed by atoms with Crippen LogP contribution in [-0.4, -0.2) is 18.3 Å². The number of phenolic OH excluding ortho intramolecular Hbond substituents is 1. The molecule has 0 spiro atoms. The van der Waals surface area contributed by atoms with E-state index in [1.54, 1.807) is 6.07 Å². The van der Waals surface area contributed by atoms with Gasteiger partial charge in [-0.1, -0.05) is 27.5 Å². The summed E-state index contributed by atoms with van der Waals surface area (Å²) in [6, 6.07) is 10.9. The highest BCUT2D eigenvalue weighted by Crippen LogP contribution is 2.32. The van der Waals surface area contributed by atoms with Gasteiger partial charge in [0.2, 0.25) is 0 Å². The highest BCUT2D eigenvalue weighted by atomic mass is 79.9. The van der Waals surface area contributed by atoms with Gasteiger partial charge in [-0.15, -0.1) is 0 Å². The largest absolute Gasteiger partial charge is 0.508 e. The summed E-state index contributed by atoms with van der Waals surface area (Å²) in [5.41, 5.74) is 0.830. The Morgan fingerprint density at radius 1 is 1.05 bits per heavy atom. The molecule has 0 heterocycles. The molecule has 0 saturated carbocycles. The Bertz CT molecular complexity index is 591. The molecule has 0 aliphatic carbocycles. The van der Waals surface area contributed by atoms with Gasteiger partial charge >= 0.3 is 0 Å². The van der Waals surface area contributed by atoms with Gasteiger partial charge in [0.25, 0.3) is 0 Å². The van der Waals surface area contributed by atoms with Gasteiger partial charge in [0.1, 0.15) is 17.2 Å². The summed E-state index contributed by atoms with van der Waals surface area (Å²) >= 11 is 9.44. The lowest BCUT2D eigenvalue weighted by Gasteiger charge is -2.11. The monoisotopic (exact) mass is 384 g/mol. The lowest BCUT2D eigenvalue weighted by atomic mass is 10.2. The van der Waals surface area contributed by atoms with E-state index in [0.29, 0.717) is 24.0 Å². The fourth-order valence-corrected chi connectivity index (χ4v) is 2.57. The first-order valence-electron chi connectivity index (χ1n) is 7.06. The minimum absolute atomic E-state index is 0.151. The maximum atomic E-state index is 9.43. The maximum absolute atomic E-state index is 9.43. The number of hydrogen-bond donors (Lipinski definition) is 1. The molecule has 0 unspecified atom stereocenters. The highest BCUT2D eigenvalue weighted by molar-refractivity contribution is 9.10. The molecule has 0 aliphatic rings. The lowest BCUT2D eigenvalue weighted by molar-refractivity contribution is 0.265. The van der Waals surface area contributed by atoms with E-state index in [-0.39, 0.29) is 5.75 Å². The summed E-state index contributed by atoms with van der Waals surface area (Å²) in [5.74, 6) is 1.65. The zero-order valence-corrected chi connectivity index (χ0v) is 14.7. The van der Waals surface area contributed by atoms with E-state index >= 15 is 0 Å². The Balaban J connectivity index is 1.68.